The largest absolute Gasteiger partial charge is 0.382 e. The highest BCUT2D eigenvalue weighted by atomic mass is 32.2. The van der Waals surface area contributed by atoms with E-state index in [4.69, 9.17) is 11.1 Å². The van der Waals surface area contributed by atoms with Gasteiger partial charge in [0.1, 0.15) is 16.6 Å². The van der Waals surface area contributed by atoms with Crippen LogP contribution in [0.2, 0.25) is 0 Å². The Hall–Kier alpha value is -1.88. The number of aryl methyl sites for hydroxylation is 2. The van der Waals surface area contributed by atoms with Gasteiger partial charge in [0.05, 0.1) is 0 Å². The highest BCUT2D eigenvalue weighted by molar-refractivity contribution is 7.99. The van der Waals surface area contributed by atoms with Gasteiger partial charge in [-0.25, -0.2) is 4.98 Å². The van der Waals surface area contributed by atoms with Crippen LogP contribution in [0.25, 0.3) is 0 Å². The Morgan fingerprint density at radius 1 is 1.33 bits per heavy atom. The highest BCUT2D eigenvalue weighted by Gasteiger charge is 2.09. The summed E-state index contributed by atoms with van der Waals surface area (Å²) in [5.41, 5.74) is 8.16. The number of amidine groups is 1. The molecule has 2 aromatic rings. The lowest BCUT2D eigenvalue weighted by Crippen LogP contribution is -2.14. The van der Waals surface area contributed by atoms with Crippen LogP contribution in [0.3, 0.4) is 0 Å². The second-order valence-corrected chi connectivity index (χ2v) is 5.05. The molecule has 0 spiro atoms. The van der Waals surface area contributed by atoms with Gasteiger partial charge in [-0.1, -0.05) is 11.8 Å². The summed E-state index contributed by atoms with van der Waals surface area (Å²) in [6.07, 6.45) is 1.63. The lowest BCUT2D eigenvalue weighted by molar-refractivity contribution is 1.04. The number of nitrogen functional groups attached to an aromatic ring is 1. The SMILES string of the molecule is Cc1cc(C)nc(Sc2cccnc2C(=N)N)c1. The monoisotopic (exact) mass is 258 g/mol. The molecule has 3 N–H and O–H groups in total. The fraction of sp³-hybridized carbons (Fsp3) is 0.154. The van der Waals surface area contributed by atoms with Crippen molar-refractivity contribution in [3.05, 3.63) is 47.4 Å². The molecule has 18 heavy (non-hydrogen) atoms. The minimum atomic E-state index is -0.0255. The first-order valence-corrected chi connectivity index (χ1v) is 6.30. The number of aromatic nitrogens is 2. The normalized spacial score (nSPS) is 10.3. The lowest BCUT2D eigenvalue weighted by Gasteiger charge is -2.07. The number of nitrogens with two attached hydrogens (primary N) is 1. The van der Waals surface area contributed by atoms with Gasteiger partial charge in [-0.2, -0.15) is 0 Å². The maximum Gasteiger partial charge on any atom is 0.142 e. The molecule has 92 valence electrons. The minimum Gasteiger partial charge on any atom is -0.382 e. The van der Waals surface area contributed by atoms with Crippen molar-refractivity contribution in [2.24, 2.45) is 5.73 Å². The Morgan fingerprint density at radius 2 is 2.11 bits per heavy atom. The number of nitrogens with one attached hydrogen (secondary N) is 1. The molecule has 0 saturated carbocycles. The fourth-order valence-corrected chi connectivity index (χ4v) is 2.71. The second-order valence-electron chi connectivity index (χ2n) is 3.99. The summed E-state index contributed by atoms with van der Waals surface area (Å²) >= 11 is 1.48. The van der Waals surface area contributed by atoms with Crippen LogP contribution in [0, 0.1) is 19.3 Å². The lowest BCUT2D eigenvalue weighted by atomic mass is 10.3. The third-order valence-electron chi connectivity index (χ3n) is 2.31. The Balaban J connectivity index is 2.37. The van der Waals surface area contributed by atoms with Gasteiger partial charge in [-0.05, 0) is 43.7 Å². The Kier molecular flexibility index (Phi) is 3.62. The van der Waals surface area contributed by atoms with Crippen LogP contribution in [0.15, 0.2) is 40.4 Å². The first-order valence-electron chi connectivity index (χ1n) is 5.49. The van der Waals surface area contributed by atoms with E-state index in [9.17, 15) is 0 Å². The van der Waals surface area contributed by atoms with Crippen LogP contribution in [-0.2, 0) is 0 Å². The first-order chi connectivity index (χ1) is 8.56. The maximum absolute atomic E-state index is 7.51. The van der Waals surface area contributed by atoms with Gasteiger partial charge in [-0.15, -0.1) is 0 Å². The van der Waals surface area contributed by atoms with E-state index in [0.717, 1.165) is 15.6 Å². The fourth-order valence-electron chi connectivity index (χ4n) is 1.64. The van der Waals surface area contributed by atoms with Crippen molar-refractivity contribution in [3.8, 4) is 0 Å². The molecule has 0 aliphatic heterocycles. The van der Waals surface area contributed by atoms with Gasteiger partial charge in [0.25, 0.3) is 0 Å². The molecule has 0 unspecified atom stereocenters. The van der Waals surface area contributed by atoms with Crippen LogP contribution >= 0.6 is 11.8 Å². The standard InChI is InChI=1S/C13H14N4S/c1-8-6-9(2)17-11(7-8)18-10-4-3-5-16-12(10)13(14)15/h3-7H,1-2H3,(H3,14,15). The highest BCUT2D eigenvalue weighted by Crippen LogP contribution is 2.28. The molecule has 0 aliphatic rings. The van der Waals surface area contributed by atoms with Crippen LogP contribution in [0.4, 0.5) is 0 Å². The Bertz CT molecular complexity index is 575. The predicted molar refractivity (Wildman–Crippen MR) is 73.1 cm³/mol. The van der Waals surface area contributed by atoms with Gasteiger partial charge in [0.2, 0.25) is 0 Å². The van der Waals surface area contributed by atoms with Crippen molar-refractivity contribution in [2.45, 2.75) is 23.8 Å². The van der Waals surface area contributed by atoms with Gasteiger partial charge in [-0.3, -0.25) is 10.4 Å². The zero-order valence-electron chi connectivity index (χ0n) is 10.3. The molecular formula is C13H14N4S. The molecule has 0 bridgehead atoms. The summed E-state index contributed by atoms with van der Waals surface area (Å²) in [5.74, 6) is -0.0255. The molecule has 4 nitrogen and oxygen atoms in total. The minimum absolute atomic E-state index is 0.0255. The van der Waals surface area contributed by atoms with Crippen molar-refractivity contribution in [2.75, 3.05) is 0 Å². The van der Waals surface area contributed by atoms with Crippen LogP contribution in [-0.4, -0.2) is 15.8 Å². The zero-order chi connectivity index (χ0) is 13.1. The molecule has 5 heteroatoms. The molecule has 2 aromatic heterocycles. The van der Waals surface area contributed by atoms with E-state index in [1.807, 2.05) is 38.1 Å². The van der Waals surface area contributed by atoms with Crippen molar-refractivity contribution in [1.29, 1.82) is 5.41 Å². The maximum atomic E-state index is 7.51. The zero-order valence-corrected chi connectivity index (χ0v) is 11.1. The number of pyridine rings is 2. The summed E-state index contributed by atoms with van der Waals surface area (Å²) in [6, 6.07) is 7.76. The first kappa shape index (κ1) is 12.6. The predicted octanol–water partition coefficient (Wildman–Crippen LogP) is 2.53. The van der Waals surface area contributed by atoms with E-state index in [1.54, 1.807) is 6.20 Å². The van der Waals surface area contributed by atoms with Crippen LogP contribution in [0.1, 0.15) is 17.0 Å². The van der Waals surface area contributed by atoms with Crippen molar-refractivity contribution in [1.82, 2.24) is 9.97 Å². The Labute approximate surface area is 110 Å². The van der Waals surface area contributed by atoms with Gasteiger partial charge in [0, 0.05) is 16.8 Å². The topological polar surface area (TPSA) is 75.7 Å². The summed E-state index contributed by atoms with van der Waals surface area (Å²) in [7, 11) is 0. The Morgan fingerprint density at radius 3 is 2.78 bits per heavy atom. The number of hydrogen-bond donors (Lipinski definition) is 2. The molecule has 2 rings (SSSR count). The molecular weight excluding hydrogens is 244 g/mol. The molecule has 0 aliphatic carbocycles. The average molecular weight is 258 g/mol. The molecule has 0 fully saturated rings. The molecule has 0 aromatic carbocycles. The molecule has 0 radical (unpaired) electrons. The van der Waals surface area contributed by atoms with Crippen molar-refractivity contribution >= 4 is 17.6 Å². The smallest absolute Gasteiger partial charge is 0.142 e. The summed E-state index contributed by atoms with van der Waals surface area (Å²) in [4.78, 5) is 9.42. The quantitative estimate of drug-likeness (QED) is 0.655. The number of nitrogens with zero attached hydrogens (tertiary/aromatic N) is 2. The van der Waals surface area contributed by atoms with Gasteiger partial charge >= 0.3 is 0 Å². The van der Waals surface area contributed by atoms with E-state index < -0.39 is 0 Å². The third-order valence-corrected chi connectivity index (χ3v) is 3.28. The number of rotatable bonds is 3. The second kappa shape index (κ2) is 5.18. The third kappa shape index (κ3) is 2.87. The van der Waals surface area contributed by atoms with E-state index >= 15 is 0 Å². The molecule has 0 amide bonds. The molecule has 2 heterocycles. The summed E-state index contributed by atoms with van der Waals surface area (Å²) in [6.45, 7) is 4.00. The van der Waals surface area contributed by atoms with E-state index in [-0.39, 0.29) is 5.84 Å². The van der Waals surface area contributed by atoms with E-state index in [0.29, 0.717) is 5.69 Å². The molecule has 0 saturated heterocycles. The van der Waals surface area contributed by atoms with Crippen molar-refractivity contribution < 1.29 is 0 Å². The van der Waals surface area contributed by atoms with Crippen molar-refractivity contribution in [3.63, 3.8) is 0 Å². The number of hydrogen-bond acceptors (Lipinski definition) is 4. The summed E-state index contributed by atoms with van der Waals surface area (Å²) < 4.78 is 0. The summed E-state index contributed by atoms with van der Waals surface area (Å²) in [5, 5.41) is 8.40. The van der Waals surface area contributed by atoms with Gasteiger partial charge in [0.15, 0.2) is 0 Å². The molecule has 0 atom stereocenters. The van der Waals surface area contributed by atoms with Gasteiger partial charge < -0.3 is 5.73 Å². The van der Waals surface area contributed by atoms with E-state index in [1.165, 1.54) is 17.3 Å². The van der Waals surface area contributed by atoms with E-state index in [2.05, 4.69) is 9.97 Å². The van der Waals surface area contributed by atoms with Crippen LogP contribution in [0.5, 0.6) is 0 Å². The van der Waals surface area contributed by atoms with Crippen LogP contribution < -0.4 is 5.73 Å². The average Bonchev–Trinajstić information content (AvgIpc) is 2.27.